The number of nitrogens with two attached hydrogens (primary N) is 1. The van der Waals surface area contributed by atoms with Gasteiger partial charge in [0.2, 0.25) is 5.91 Å². The van der Waals surface area contributed by atoms with E-state index in [1.807, 2.05) is 6.92 Å². The third kappa shape index (κ3) is 7.50. The molecule has 2 atom stereocenters. The first kappa shape index (κ1) is 23.5. The summed E-state index contributed by atoms with van der Waals surface area (Å²) in [7, 11) is 1.48. The molecule has 0 aliphatic rings. The largest absolute Gasteiger partial charge is 0.490 e. The van der Waals surface area contributed by atoms with E-state index in [1.54, 1.807) is 0 Å². The minimum absolute atomic E-state index is 0. The lowest BCUT2D eigenvalue weighted by atomic mass is 10.1. The van der Waals surface area contributed by atoms with Crippen LogP contribution in [0.25, 0.3) is 0 Å². The van der Waals surface area contributed by atoms with Crippen molar-refractivity contribution in [1.82, 2.24) is 4.90 Å². The van der Waals surface area contributed by atoms with Gasteiger partial charge in [-0.25, -0.2) is 0 Å². The van der Waals surface area contributed by atoms with Crippen LogP contribution in [-0.2, 0) is 11.0 Å². The molecule has 2 unspecified atom stereocenters. The van der Waals surface area contributed by atoms with Crippen molar-refractivity contribution in [2.24, 2.45) is 5.73 Å². The number of para-hydroxylation sites is 1. The van der Waals surface area contributed by atoms with Gasteiger partial charge in [0.25, 0.3) is 0 Å². The summed E-state index contributed by atoms with van der Waals surface area (Å²) in [6.45, 7) is 1.45. The van der Waals surface area contributed by atoms with Gasteiger partial charge in [0.05, 0.1) is 11.6 Å². The summed E-state index contributed by atoms with van der Waals surface area (Å²) in [4.78, 5) is 13.2. The van der Waals surface area contributed by atoms with Gasteiger partial charge in [-0.3, -0.25) is 4.79 Å². The number of hydrogen-bond donors (Lipinski definition) is 2. The molecule has 1 aromatic rings. The summed E-state index contributed by atoms with van der Waals surface area (Å²) in [5.74, 6) is -0.688. The lowest BCUT2D eigenvalue weighted by molar-refractivity contribution is -0.139. The number of amides is 1. The fraction of sp³-hybridized carbons (Fsp3) is 0.562. The quantitative estimate of drug-likeness (QED) is 0.722. The first-order valence-electron chi connectivity index (χ1n) is 7.64. The highest BCUT2D eigenvalue weighted by atomic mass is 35.5. The summed E-state index contributed by atoms with van der Waals surface area (Å²) in [6.07, 6.45) is -4.40. The molecule has 0 aromatic heterocycles. The molecule has 0 saturated carbocycles. The van der Waals surface area contributed by atoms with Crippen LogP contribution in [0.3, 0.4) is 0 Å². The molecule has 0 fully saturated rings. The number of ether oxygens (including phenoxy) is 1. The monoisotopic (exact) mass is 384 g/mol. The molecular formula is C16H24ClF3N2O3. The first-order valence-corrected chi connectivity index (χ1v) is 7.64. The average molecular weight is 385 g/mol. The molecule has 0 aliphatic carbocycles. The van der Waals surface area contributed by atoms with Gasteiger partial charge in [-0.2, -0.15) is 13.2 Å². The van der Waals surface area contributed by atoms with E-state index >= 15 is 0 Å². The maximum atomic E-state index is 12.8. The second-order valence-corrected chi connectivity index (χ2v) is 5.57. The summed E-state index contributed by atoms with van der Waals surface area (Å²) in [5, 5.41) is 9.89. The standard InChI is InChI=1S/C16H23F3N2O3.ClH/c1-3-6-13(20)15(23)21(2)9-11(22)10-24-14-8-5-4-7-12(14)16(17,18)19;/h4-5,7-8,11,13,22H,3,6,9-10,20H2,1-2H3;1H. The third-order valence-corrected chi connectivity index (χ3v) is 3.40. The second-order valence-electron chi connectivity index (χ2n) is 5.57. The molecule has 0 spiro atoms. The number of aliphatic hydroxyl groups excluding tert-OH is 1. The van der Waals surface area contributed by atoms with Crippen molar-refractivity contribution in [3.63, 3.8) is 0 Å². The van der Waals surface area contributed by atoms with E-state index in [1.165, 1.54) is 30.1 Å². The van der Waals surface area contributed by atoms with E-state index in [4.69, 9.17) is 10.5 Å². The molecule has 144 valence electrons. The van der Waals surface area contributed by atoms with Gasteiger partial charge in [0.1, 0.15) is 18.5 Å². The van der Waals surface area contributed by atoms with Gasteiger partial charge in [-0.15, -0.1) is 12.4 Å². The summed E-state index contributed by atoms with van der Waals surface area (Å²) >= 11 is 0. The minimum Gasteiger partial charge on any atom is -0.490 e. The minimum atomic E-state index is -4.54. The van der Waals surface area contributed by atoms with E-state index in [-0.39, 0.29) is 37.2 Å². The summed E-state index contributed by atoms with van der Waals surface area (Å²) < 4.78 is 43.6. The van der Waals surface area contributed by atoms with Gasteiger partial charge in [-0.1, -0.05) is 25.5 Å². The predicted octanol–water partition coefficient (Wildman–Crippen LogP) is 2.45. The molecule has 1 aromatic carbocycles. The van der Waals surface area contributed by atoms with Crippen LogP contribution >= 0.6 is 12.4 Å². The van der Waals surface area contributed by atoms with Gasteiger partial charge in [0.15, 0.2) is 0 Å². The molecule has 25 heavy (non-hydrogen) atoms. The molecule has 0 aliphatic heterocycles. The van der Waals surface area contributed by atoms with Gasteiger partial charge >= 0.3 is 6.18 Å². The average Bonchev–Trinajstić information content (AvgIpc) is 2.51. The zero-order valence-electron chi connectivity index (χ0n) is 14.1. The number of likely N-dealkylation sites (N-methyl/N-ethyl adjacent to an activating group) is 1. The van der Waals surface area contributed by atoms with E-state index in [2.05, 4.69) is 0 Å². The van der Waals surface area contributed by atoms with Crippen LogP contribution < -0.4 is 10.5 Å². The molecule has 1 amide bonds. The fourth-order valence-electron chi connectivity index (χ4n) is 2.19. The Balaban J connectivity index is 0.00000576. The zero-order valence-corrected chi connectivity index (χ0v) is 14.9. The number of alkyl halides is 3. The van der Waals surface area contributed by atoms with Crippen molar-refractivity contribution in [2.75, 3.05) is 20.2 Å². The molecule has 9 heteroatoms. The van der Waals surface area contributed by atoms with E-state index in [9.17, 15) is 23.1 Å². The fourth-order valence-corrected chi connectivity index (χ4v) is 2.19. The van der Waals surface area contributed by atoms with Crippen LogP contribution in [0.4, 0.5) is 13.2 Å². The van der Waals surface area contributed by atoms with E-state index in [0.717, 1.165) is 12.5 Å². The number of aliphatic hydroxyl groups is 1. The van der Waals surface area contributed by atoms with Crippen molar-refractivity contribution in [3.05, 3.63) is 29.8 Å². The molecular weight excluding hydrogens is 361 g/mol. The van der Waals surface area contributed by atoms with Gasteiger partial charge in [-0.05, 0) is 18.6 Å². The Hall–Kier alpha value is -1.51. The van der Waals surface area contributed by atoms with Crippen LogP contribution in [-0.4, -0.2) is 48.3 Å². The number of carbonyl (C=O) groups excluding carboxylic acids is 1. The Morgan fingerprint density at radius 3 is 2.52 bits per heavy atom. The number of halogens is 4. The van der Waals surface area contributed by atoms with Crippen molar-refractivity contribution in [2.45, 2.75) is 38.1 Å². The Labute approximate surface area is 151 Å². The molecule has 0 radical (unpaired) electrons. The second kappa shape index (κ2) is 10.5. The topological polar surface area (TPSA) is 75.8 Å². The lowest BCUT2D eigenvalue weighted by Crippen LogP contribution is -2.45. The Morgan fingerprint density at radius 1 is 1.36 bits per heavy atom. The first-order chi connectivity index (χ1) is 11.2. The van der Waals surface area contributed by atoms with E-state index in [0.29, 0.717) is 6.42 Å². The number of carbonyl (C=O) groups is 1. The molecule has 0 bridgehead atoms. The van der Waals surface area contributed by atoms with Crippen LogP contribution in [0.5, 0.6) is 5.75 Å². The summed E-state index contributed by atoms with van der Waals surface area (Å²) in [6, 6.07) is 4.10. The van der Waals surface area contributed by atoms with Crippen molar-refractivity contribution in [3.8, 4) is 5.75 Å². The molecule has 5 nitrogen and oxygen atoms in total. The third-order valence-electron chi connectivity index (χ3n) is 3.40. The van der Waals surface area contributed by atoms with Crippen molar-refractivity contribution < 1.29 is 27.8 Å². The van der Waals surface area contributed by atoms with Crippen LogP contribution in [0, 0.1) is 0 Å². The SMILES string of the molecule is CCCC(N)C(=O)N(C)CC(O)COc1ccccc1C(F)(F)F.Cl. The highest BCUT2D eigenvalue weighted by Crippen LogP contribution is 2.35. The lowest BCUT2D eigenvalue weighted by Gasteiger charge is -2.24. The Kier molecular flexibility index (Phi) is 9.84. The number of rotatable bonds is 8. The van der Waals surface area contributed by atoms with Gasteiger partial charge < -0.3 is 20.5 Å². The molecule has 0 saturated heterocycles. The maximum absolute atomic E-state index is 12.8. The van der Waals surface area contributed by atoms with Crippen LogP contribution in [0.15, 0.2) is 24.3 Å². The van der Waals surface area contributed by atoms with Crippen molar-refractivity contribution >= 4 is 18.3 Å². The molecule has 0 heterocycles. The van der Waals surface area contributed by atoms with E-state index < -0.39 is 23.9 Å². The maximum Gasteiger partial charge on any atom is 0.419 e. The number of hydrogen-bond acceptors (Lipinski definition) is 4. The highest BCUT2D eigenvalue weighted by molar-refractivity contribution is 5.85. The Bertz CT molecular complexity index is 544. The molecule has 3 N–H and O–H groups in total. The van der Waals surface area contributed by atoms with Crippen LogP contribution in [0.1, 0.15) is 25.3 Å². The normalized spacial score (nSPS) is 13.6. The highest BCUT2D eigenvalue weighted by Gasteiger charge is 2.34. The number of benzene rings is 1. The molecule has 1 rings (SSSR count). The van der Waals surface area contributed by atoms with Gasteiger partial charge in [0, 0.05) is 13.6 Å². The summed E-state index contributed by atoms with van der Waals surface area (Å²) in [5.41, 5.74) is 4.80. The predicted molar refractivity (Wildman–Crippen MR) is 90.7 cm³/mol. The Morgan fingerprint density at radius 2 is 1.96 bits per heavy atom. The zero-order chi connectivity index (χ0) is 18.3. The smallest absolute Gasteiger partial charge is 0.419 e. The van der Waals surface area contributed by atoms with Crippen LogP contribution in [0.2, 0.25) is 0 Å². The van der Waals surface area contributed by atoms with Crippen molar-refractivity contribution in [1.29, 1.82) is 0 Å². The number of nitrogens with zero attached hydrogens (tertiary/aromatic N) is 1.